The second-order valence-corrected chi connectivity index (χ2v) is 19.6. The van der Waals surface area contributed by atoms with Crippen molar-refractivity contribution in [2.75, 3.05) is 65.5 Å². The van der Waals surface area contributed by atoms with E-state index in [1.54, 1.807) is 35.3 Å². The SMILES string of the molecule is CC(C)N(C)[C@@H]1CC[C@H](N2CC[C@H](Nc3ncnc4ccc(C(F)(F)F)cc34)C2=O)[C@H](NC(=O)COCCNC(=O)[C@H]2CC[C@@H](NC(=O)CCOCCNC(=O)[C@H]3CC(=O)N(C)[C@@H]3c3cccnc3)CC2)C1. The molecular formula is C50H68F3N11O8. The lowest BCUT2D eigenvalue weighted by Crippen LogP contribution is -2.59. The van der Waals surface area contributed by atoms with E-state index in [2.05, 4.69) is 60.3 Å². The Labute approximate surface area is 417 Å². The van der Waals surface area contributed by atoms with Crippen LogP contribution >= 0.6 is 0 Å². The summed E-state index contributed by atoms with van der Waals surface area (Å²) in [5, 5.41) is 15.2. The van der Waals surface area contributed by atoms with Crippen LogP contribution in [0.3, 0.4) is 0 Å². The fourth-order valence-corrected chi connectivity index (χ4v) is 10.5. The first-order chi connectivity index (χ1) is 34.5. The number of likely N-dealkylation sites (tertiary alicyclic amines) is 2. The molecule has 392 valence electrons. The molecule has 2 aliphatic heterocycles. The van der Waals surface area contributed by atoms with Gasteiger partial charge in [0.05, 0.1) is 54.9 Å². The average molecular weight is 1010 g/mol. The van der Waals surface area contributed by atoms with Gasteiger partial charge in [0.2, 0.25) is 35.4 Å². The molecule has 0 spiro atoms. The van der Waals surface area contributed by atoms with Gasteiger partial charge in [0, 0.05) is 81.3 Å². The largest absolute Gasteiger partial charge is 0.416 e. The van der Waals surface area contributed by atoms with Crippen LogP contribution in [-0.2, 0) is 44.4 Å². The highest BCUT2D eigenvalue weighted by Crippen LogP contribution is 2.37. The lowest BCUT2D eigenvalue weighted by Gasteiger charge is -2.44. The van der Waals surface area contributed by atoms with Crippen LogP contribution in [0.25, 0.3) is 10.9 Å². The van der Waals surface area contributed by atoms with Crippen LogP contribution in [0.5, 0.6) is 0 Å². The van der Waals surface area contributed by atoms with Gasteiger partial charge in [0.25, 0.3) is 0 Å². The Balaban J connectivity index is 0.778. The smallest absolute Gasteiger partial charge is 0.379 e. The number of carbonyl (C=O) groups is 6. The van der Waals surface area contributed by atoms with Gasteiger partial charge in [-0.2, -0.15) is 13.2 Å². The molecular weight excluding hydrogens is 940 g/mol. The van der Waals surface area contributed by atoms with E-state index in [1.165, 1.54) is 12.4 Å². The Morgan fingerprint density at radius 1 is 0.889 bits per heavy atom. The molecule has 5 N–H and O–H groups in total. The molecule has 6 atom stereocenters. The quantitative estimate of drug-likeness (QED) is 0.0967. The minimum atomic E-state index is -4.56. The van der Waals surface area contributed by atoms with Gasteiger partial charge in [-0.15, -0.1) is 0 Å². The number of hydrogen-bond acceptors (Lipinski definition) is 13. The number of ether oxygens (including phenoxy) is 2. The summed E-state index contributed by atoms with van der Waals surface area (Å²) >= 11 is 0. The molecule has 7 rings (SSSR count). The highest BCUT2D eigenvalue weighted by Gasteiger charge is 2.45. The van der Waals surface area contributed by atoms with Gasteiger partial charge in [-0.25, -0.2) is 9.97 Å². The standard InChI is InChI=1S/C50H68F3N11O8/c1-30(2)62(3)35-12-14-41(64-20-15-39(49(64)70)61-46-36-24-33(50(51,52)53)9-13-38(36)57-29-58-46)40(25-35)60-43(66)28-72-23-19-55-47(68)31-7-10-34(11-8-31)59-42(65)16-21-71-22-18-56-48(69)37-26-44(67)63(4)45(37)32-6-5-17-54-27-32/h5-6,9,13,17,24,27,29-31,34-35,37,39-41,45H,7-8,10-12,14-16,18-23,25-26,28H2,1-4H3,(H,55,68)(H,56,69)(H,59,65)(H,60,66)(H,57,58,61)/t31-,34+,35-,37+,39+,40-,41+,45-/m1/s1. The number of carbonyl (C=O) groups excluding carboxylic acids is 6. The molecule has 72 heavy (non-hydrogen) atoms. The van der Waals surface area contributed by atoms with Crippen molar-refractivity contribution in [1.82, 2.24) is 50.9 Å². The number of fused-ring (bicyclic) bond motifs is 1. The third kappa shape index (κ3) is 13.7. The van der Waals surface area contributed by atoms with Gasteiger partial charge in [0.1, 0.15) is 24.8 Å². The van der Waals surface area contributed by atoms with Gasteiger partial charge in [-0.1, -0.05) is 6.07 Å². The van der Waals surface area contributed by atoms with Gasteiger partial charge in [0.15, 0.2) is 0 Å². The Morgan fingerprint density at radius 2 is 1.64 bits per heavy atom. The van der Waals surface area contributed by atoms with Crippen LogP contribution in [0.15, 0.2) is 49.1 Å². The van der Waals surface area contributed by atoms with Gasteiger partial charge >= 0.3 is 6.18 Å². The second-order valence-electron chi connectivity index (χ2n) is 19.6. The number of pyridine rings is 1. The molecule has 4 heterocycles. The molecule has 6 amide bonds. The van der Waals surface area contributed by atoms with E-state index < -0.39 is 29.7 Å². The number of alkyl halides is 3. The van der Waals surface area contributed by atoms with Gasteiger partial charge < -0.3 is 50.8 Å². The van der Waals surface area contributed by atoms with Crippen LogP contribution in [0.2, 0.25) is 0 Å². The average Bonchev–Trinajstić information content (AvgIpc) is 3.88. The Morgan fingerprint density at radius 3 is 2.36 bits per heavy atom. The number of aromatic nitrogens is 3. The normalized spacial score (nSPS) is 24.7. The van der Waals surface area contributed by atoms with Crippen LogP contribution in [0.1, 0.15) is 95.2 Å². The summed E-state index contributed by atoms with van der Waals surface area (Å²) in [6.07, 6.45) is 5.19. The zero-order valence-electron chi connectivity index (χ0n) is 41.4. The van der Waals surface area contributed by atoms with Crippen molar-refractivity contribution in [3.05, 3.63) is 60.2 Å². The maximum absolute atomic E-state index is 14.0. The van der Waals surface area contributed by atoms with Crippen molar-refractivity contribution < 1.29 is 51.4 Å². The molecule has 3 aromatic rings. The predicted octanol–water partition coefficient (Wildman–Crippen LogP) is 3.35. The van der Waals surface area contributed by atoms with Crippen molar-refractivity contribution in [2.45, 2.75) is 127 Å². The molecule has 19 nitrogen and oxygen atoms in total. The molecule has 1 aromatic carbocycles. The van der Waals surface area contributed by atoms with Crippen molar-refractivity contribution in [3.63, 3.8) is 0 Å². The number of anilines is 1. The van der Waals surface area contributed by atoms with E-state index in [0.29, 0.717) is 57.0 Å². The first-order valence-electron chi connectivity index (χ1n) is 25.0. The first-order valence-corrected chi connectivity index (χ1v) is 25.0. The fraction of sp³-hybridized carbons (Fsp3) is 0.620. The second kappa shape index (κ2) is 24.6. The van der Waals surface area contributed by atoms with Crippen molar-refractivity contribution in [1.29, 1.82) is 0 Å². The molecule has 0 bridgehead atoms. The number of amides is 6. The minimum Gasteiger partial charge on any atom is -0.379 e. The van der Waals surface area contributed by atoms with Gasteiger partial charge in [-0.05, 0) is 102 Å². The molecule has 4 fully saturated rings. The Bertz CT molecular complexity index is 2370. The summed E-state index contributed by atoms with van der Waals surface area (Å²) in [4.78, 5) is 96.4. The Kier molecular flexibility index (Phi) is 18.4. The highest BCUT2D eigenvalue weighted by atomic mass is 19.4. The fourth-order valence-electron chi connectivity index (χ4n) is 10.5. The van der Waals surface area contributed by atoms with E-state index in [-0.39, 0.29) is 135 Å². The minimum absolute atomic E-state index is 0.0577. The monoisotopic (exact) mass is 1010 g/mol. The summed E-state index contributed by atoms with van der Waals surface area (Å²) in [7, 11) is 3.73. The number of benzene rings is 1. The van der Waals surface area contributed by atoms with Crippen LogP contribution in [0.4, 0.5) is 19.0 Å². The summed E-state index contributed by atoms with van der Waals surface area (Å²) in [5.41, 5.74) is 0.270. The maximum atomic E-state index is 14.0. The summed E-state index contributed by atoms with van der Waals surface area (Å²) in [6, 6.07) is 5.38. The Hall–Kier alpha value is -6.00. The van der Waals surface area contributed by atoms with E-state index >= 15 is 0 Å². The number of nitrogens with one attached hydrogen (secondary N) is 5. The molecule has 0 unspecified atom stereocenters. The number of halogens is 3. The van der Waals surface area contributed by atoms with E-state index in [1.807, 2.05) is 13.1 Å². The zero-order chi connectivity index (χ0) is 51.5. The number of rotatable bonds is 21. The van der Waals surface area contributed by atoms with Gasteiger partial charge in [-0.3, -0.25) is 33.8 Å². The van der Waals surface area contributed by atoms with Crippen molar-refractivity contribution in [3.8, 4) is 0 Å². The lowest BCUT2D eigenvalue weighted by atomic mass is 9.84. The third-order valence-electron chi connectivity index (χ3n) is 14.6. The molecule has 2 saturated carbocycles. The molecule has 22 heteroatoms. The van der Waals surface area contributed by atoms with Crippen molar-refractivity contribution >= 4 is 52.2 Å². The molecule has 4 aliphatic rings. The summed E-state index contributed by atoms with van der Waals surface area (Å²) < 4.78 is 52.0. The molecule has 2 aliphatic carbocycles. The highest BCUT2D eigenvalue weighted by molar-refractivity contribution is 5.93. The third-order valence-corrected chi connectivity index (χ3v) is 14.6. The van der Waals surface area contributed by atoms with E-state index in [9.17, 15) is 41.9 Å². The topological polar surface area (TPSA) is 229 Å². The lowest BCUT2D eigenvalue weighted by molar-refractivity contribution is -0.137. The van der Waals surface area contributed by atoms with Crippen LogP contribution < -0.4 is 26.6 Å². The molecule has 2 aromatic heterocycles. The molecule has 0 radical (unpaired) electrons. The maximum Gasteiger partial charge on any atom is 0.416 e. The number of nitrogens with zero attached hydrogens (tertiary/aromatic N) is 6. The summed E-state index contributed by atoms with van der Waals surface area (Å²) in [5.74, 6) is -1.80. The van der Waals surface area contributed by atoms with Crippen LogP contribution in [-0.4, -0.2) is 162 Å². The van der Waals surface area contributed by atoms with Crippen LogP contribution in [0, 0.1) is 11.8 Å². The number of hydrogen-bond donors (Lipinski definition) is 5. The zero-order valence-corrected chi connectivity index (χ0v) is 41.4. The predicted molar refractivity (Wildman–Crippen MR) is 259 cm³/mol. The first kappa shape index (κ1) is 53.8. The molecule has 2 saturated heterocycles. The van der Waals surface area contributed by atoms with Crippen molar-refractivity contribution in [2.24, 2.45) is 11.8 Å². The summed E-state index contributed by atoms with van der Waals surface area (Å²) in [6.45, 7) is 5.29. The van der Waals surface area contributed by atoms with E-state index in [4.69, 9.17) is 9.47 Å². The van der Waals surface area contributed by atoms with E-state index in [0.717, 1.165) is 24.1 Å².